The van der Waals surface area contributed by atoms with Gasteiger partial charge in [-0.1, -0.05) is 24.8 Å². The first kappa shape index (κ1) is 19.8. The van der Waals surface area contributed by atoms with Crippen LogP contribution >= 0.6 is 0 Å². The normalized spacial score (nSPS) is 10.4. The van der Waals surface area contributed by atoms with Crippen LogP contribution in [-0.4, -0.2) is 25.1 Å². The number of benzene rings is 2. The van der Waals surface area contributed by atoms with E-state index in [2.05, 4.69) is 11.9 Å². The molecule has 2 aromatic rings. The topological polar surface area (TPSA) is 64.6 Å². The van der Waals surface area contributed by atoms with E-state index in [9.17, 15) is 18.4 Å². The van der Waals surface area contributed by atoms with Crippen LogP contribution < -0.4 is 10.1 Å². The molecular weight excluding hydrogens is 356 g/mol. The van der Waals surface area contributed by atoms with Crippen LogP contribution in [0.15, 0.2) is 61.2 Å². The molecule has 0 radical (unpaired) electrons. The first-order valence-electron chi connectivity index (χ1n) is 7.91. The van der Waals surface area contributed by atoms with Crippen molar-refractivity contribution in [2.75, 3.05) is 18.5 Å². The van der Waals surface area contributed by atoms with E-state index in [1.807, 2.05) is 0 Å². The minimum atomic E-state index is -1.09. The van der Waals surface area contributed by atoms with E-state index in [0.717, 1.165) is 17.7 Å². The second-order valence-electron chi connectivity index (χ2n) is 5.29. The Kier molecular flexibility index (Phi) is 7.25. The predicted molar refractivity (Wildman–Crippen MR) is 97.1 cm³/mol. The number of amides is 1. The molecule has 0 aliphatic heterocycles. The number of carbonyl (C=O) groups excluding carboxylic acids is 2. The number of ether oxygens (including phenoxy) is 2. The molecule has 0 atom stereocenters. The highest BCUT2D eigenvalue weighted by Gasteiger charge is 2.08. The van der Waals surface area contributed by atoms with Gasteiger partial charge in [0.05, 0.1) is 0 Å². The summed E-state index contributed by atoms with van der Waals surface area (Å²) in [6, 6.07) is 9.88. The summed E-state index contributed by atoms with van der Waals surface area (Å²) in [5, 5.41) is 2.29. The number of nitrogens with one attached hydrogen (secondary N) is 1. The summed E-state index contributed by atoms with van der Waals surface area (Å²) >= 11 is 0. The largest absolute Gasteiger partial charge is 0.490 e. The molecule has 27 heavy (non-hydrogen) atoms. The molecule has 2 aromatic carbocycles. The summed E-state index contributed by atoms with van der Waals surface area (Å²) in [6.45, 7) is 3.39. The second-order valence-corrected chi connectivity index (χ2v) is 5.29. The molecule has 1 amide bonds. The van der Waals surface area contributed by atoms with Crippen LogP contribution in [0.4, 0.5) is 14.5 Å². The van der Waals surface area contributed by atoms with Gasteiger partial charge in [0, 0.05) is 17.8 Å². The highest BCUT2D eigenvalue weighted by molar-refractivity contribution is 5.94. The third-order valence-corrected chi connectivity index (χ3v) is 3.21. The van der Waals surface area contributed by atoms with Crippen molar-refractivity contribution in [1.29, 1.82) is 0 Å². The first-order valence-corrected chi connectivity index (χ1v) is 7.91. The van der Waals surface area contributed by atoms with Crippen LogP contribution in [0.2, 0.25) is 0 Å². The van der Waals surface area contributed by atoms with E-state index in [0.29, 0.717) is 12.4 Å². The lowest BCUT2D eigenvalue weighted by molar-refractivity contribution is -0.142. The molecule has 0 fully saturated rings. The van der Waals surface area contributed by atoms with Gasteiger partial charge in [0.15, 0.2) is 18.2 Å². The number of halogens is 2. The second kappa shape index (κ2) is 9.86. The van der Waals surface area contributed by atoms with Crippen LogP contribution in [0, 0.1) is 11.6 Å². The van der Waals surface area contributed by atoms with E-state index in [1.165, 1.54) is 18.2 Å². The van der Waals surface area contributed by atoms with Crippen molar-refractivity contribution >= 4 is 23.6 Å². The van der Waals surface area contributed by atoms with Crippen molar-refractivity contribution in [2.45, 2.75) is 0 Å². The fourth-order valence-corrected chi connectivity index (χ4v) is 1.95. The maximum Gasteiger partial charge on any atom is 0.331 e. The maximum atomic E-state index is 13.1. The summed E-state index contributed by atoms with van der Waals surface area (Å²) in [5.41, 5.74) is 0.799. The zero-order valence-electron chi connectivity index (χ0n) is 14.3. The molecule has 7 heteroatoms. The van der Waals surface area contributed by atoms with Crippen molar-refractivity contribution in [1.82, 2.24) is 0 Å². The Morgan fingerprint density at radius 1 is 1.07 bits per heavy atom. The Morgan fingerprint density at radius 3 is 2.48 bits per heavy atom. The summed E-state index contributed by atoms with van der Waals surface area (Å²) in [7, 11) is 0. The number of anilines is 1. The molecule has 2 rings (SSSR count). The zero-order chi connectivity index (χ0) is 19.6. The summed E-state index contributed by atoms with van der Waals surface area (Å²) < 4.78 is 36.0. The van der Waals surface area contributed by atoms with Gasteiger partial charge in [0.2, 0.25) is 0 Å². The van der Waals surface area contributed by atoms with Crippen LogP contribution in [0.3, 0.4) is 0 Å². The predicted octanol–water partition coefficient (Wildman–Crippen LogP) is 3.72. The molecular formula is C20H17F2NO4. The quantitative estimate of drug-likeness (QED) is 0.435. The number of hydrogen-bond acceptors (Lipinski definition) is 4. The van der Waals surface area contributed by atoms with Crippen molar-refractivity contribution in [3.8, 4) is 5.75 Å². The van der Waals surface area contributed by atoms with E-state index < -0.39 is 30.1 Å². The van der Waals surface area contributed by atoms with Crippen molar-refractivity contribution in [2.24, 2.45) is 0 Å². The molecule has 0 bridgehead atoms. The van der Waals surface area contributed by atoms with Gasteiger partial charge in [-0.15, -0.1) is 0 Å². The highest BCUT2D eigenvalue weighted by Crippen LogP contribution is 2.14. The number of esters is 1. The first-order chi connectivity index (χ1) is 13.0. The Labute approximate surface area is 154 Å². The fraction of sp³-hybridized carbons (Fsp3) is 0.100. The van der Waals surface area contributed by atoms with Crippen LogP contribution in [0.1, 0.15) is 5.56 Å². The number of rotatable bonds is 8. The third kappa shape index (κ3) is 6.74. The van der Waals surface area contributed by atoms with Crippen LogP contribution in [0.5, 0.6) is 5.75 Å². The molecule has 0 aliphatic rings. The lowest BCUT2D eigenvalue weighted by Crippen LogP contribution is -2.20. The van der Waals surface area contributed by atoms with Crippen molar-refractivity contribution in [3.05, 3.63) is 78.4 Å². The zero-order valence-corrected chi connectivity index (χ0v) is 14.3. The molecule has 5 nitrogen and oxygen atoms in total. The Balaban J connectivity index is 1.79. The Bertz CT molecular complexity index is 848. The average Bonchev–Trinajstić information content (AvgIpc) is 2.67. The molecule has 1 N–H and O–H groups in total. The van der Waals surface area contributed by atoms with Crippen LogP contribution in [0.25, 0.3) is 6.08 Å². The lowest BCUT2D eigenvalue weighted by atomic mass is 10.2. The summed E-state index contributed by atoms with van der Waals surface area (Å²) in [4.78, 5) is 23.3. The molecule has 0 aliphatic carbocycles. The maximum absolute atomic E-state index is 13.1. The minimum absolute atomic E-state index is 0.0595. The Hall–Kier alpha value is -3.48. The van der Waals surface area contributed by atoms with Gasteiger partial charge in [0.1, 0.15) is 12.4 Å². The van der Waals surface area contributed by atoms with Crippen LogP contribution in [-0.2, 0) is 14.3 Å². The van der Waals surface area contributed by atoms with E-state index in [-0.39, 0.29) is 5.69 Å². The van der Waals surface area contributed by atoms with E-state index in [4.69, 9.17) is 9.47 Å². The molecule has 0 spiro atoms. The molecule has 0 aromatic heterocycles. The third-order valence-electron chi connectivity index (χ3n) is 3.21. The molecule has 140 valence electrons. The fourth-order valence-electron chi connectivity index (χ4n) is 1.95. The van der Waals surface area contributed by atoms with Gasteiger partial charge in [0.25, 0.3) is 5.91 Å². The summed E-state index contributed by atoms with van der Waals surface area (Å²) in [6.07, 6.45) is 4.32. The SMILES string of the molecule is C=CCOc1ccc(/C=C/C(=O)OCC(=O)Nc2ccc(F)c(F)c2)cc1. The average molecular weight is 373 g/mol. The van der Waals surface area contributed by atoms with Gasteiger partial charge in [-0.3, -0.25) is 4.79 Å². The monoisotopic (exact) mass is 373 g/mol. The van der Waals surface area contributed by atoms with E-state index >= 15 is 0 Å². The lowest BCUT2D eigenvalue weighted by Gasteiger charge is -2.06. The standard InChI is InChI=1S/C20H17F2NO4/c1-2-11-26-16-7-3-14(4-8-16)5-10-20(25)27-13-19(24)23-15-6-9-17(21)18(22)12-15/h2-10,12H,1,11,13H2,(H,23,24)/b10-5+. The highest BCUT2D eigenvalue weighted by atomic mass is 19.2. The van der Waals surface area contributed by atoms with Crippen molar-refractivity contribution in [3.63, 3.8) is 0 Å². The summed E-state index contributed by atoms with van der Waals surface area (Å²) in [5.74, 6) is -2.84. The van der Waals surface area contributed by atoms with Gasteiger partial charge < -0.3 is 14.8 Å². The van der Waals surface area contributed by atoms with Gasteiger partial charge in [-0.2, -0.15) is 0 Å². The molecule has 0 saturated heterocycles. The Morgan fingerprint density at radius 2 is 1.81 bits per heavy atom. The van der Waals surface area contributed by atoms with Crippen molar-refractivity contribution < 1.29 is 27.8 Å². The molecule has 0 heterocycles. The molecule has 0 saturated carbocycles. The molecule has 0 unspecified atom stereocenters. The number of hydrogen-bond donors (Lipinski definition) is 1. The van der Waals surface area contributed by atoms with E-state index in [1.54, 1.807) is 30.3 Å². The minimum Gasteiger partial charge on any atom is -0.490 e. The van der Waals surface area contributed by atoms with Gasteiger partial charge >= 0.3 is 5.97 Å². The smallest absolute Gasteiger partial charge is 0.331 e. The number of carbonyl (C=O) groups is 2. The van der Waals surface area contributed by atoms with Gasteiger partial charge in [-0.05, 0) is 35.9 Å². The van der Waals surface area contributed by atoms with Gasteiger partial charge in [-0.25, -0.2) is 13.6 Å².